The van der Waals surface area contributed by atoms with Gasteiger partial charge in [0.2, 0.25) is 0 Å². The van der Waals surface area contributed by atoms with Crippen molar-refractivity contribution in [3.8, 4) is 6.07 Å². The van der Waals surface area contributed by atoms with Gasteiger partial charge >= 0.3 is 13.3 Å². The molecule has 0 aliphatic rings. The second-order valence-corrected chi connectivity index (χ2v) is 5.53. The van der Waals surface area contributed by atoms with Crippen LogP contribution in [0.5, 0.6) is 0 Å². The number of nitriles is 1. The minimum absolute atomic E-state index is 0.504. The molecule has 1 heterocycles. The summed E-state index contributed by atoms with van der Waals surface area (Å²) in [5, 5.41) is 18.2. The van der Waals surface area contributed by atoms with Crippen LogP contribution in [0.25, 0.3) is 0 Å². The number of aromatic amines is 1. The van der Waals surface area contributed by atoms with Crippen LogP contribution in [-0.4, -0.2) is 43.0 Å². The molecule has 0 spiro atoms. The van der Waals surface area contributed by atoms with Crippen molar-refractivity contribution < 1.29 is 24.2 Å². The molecule has 0 aromatic carbocycles. The molecule has 10 nitrogen and oxygen atoms in total. The van der Waals surface area contributed by atoms with E-state index in [4.69, 9.17) is 19.8 Å². The molecular formula is C9H12N3O7P. The number of ether oxygens (including phenoxy) is 1. The monoisotopic (exact) mass is 305 g/mol. The van der Waals surface area contributed by atoms with E-state index in [2.05, 4.69) is 0 Å². The van der Waals surface area contributed by atoms with E-state index >= 15 is 0 Å². The number of aliphatic hydroxyl groups excluding tert-OH is 1. The van der Waals surface area contributed by atoms with E-state index in [9.17, 15) is 19.3 Å². The van der Waals surface area contributed by atoms with Gasteiger partial charge in [0.1, 0.15) is 6.07 Å². The minimum atomic E-state index is -4.54. The van der Waals surface area contributed by atoms with Crippen LogP contribution < -0.4 is 11.2 Å². The normalized spacial score (nSPS) is 14.5. The van der Waals surface area contributed by atoms with Gasteiger partial charge in [-0.05, 0) is 0 Å². The average molecular weight is 305 g/mol. The first-order valence-corrected chi connectivity index (χ1v) is 7.01. The summed E-state index contributed by atoms with van der Waals surface area (Å²) in [7, 11) is -4.54. The molecular weight excluding hydrogens is 293 g/mol. The molecule has 0 bridgehead atoms. The van der Waals surface area contributed by atoms with Crippen LogP contribution in [0, 0.1) is 11.3 Å². The number of H-pyrrole nitrogens is 1. The van der Waals surface area contributed by atoms with Crippen LogP contribution in [-0.2, 0) is 15.8 Å². The summed E-state index contributed by atoms with van der Waals surface area (Å²) in [6.45, 7) is -1.40. The van der Waals surface area contributed by atoms with Gasteiger partial charge in [0.25, 0.3) is 5.56 Å². The maximum Gasteiger partial charge on any atom is 0.351 e. The highest BCUT2D eigenvalue weighted by Crippen LogP contribution is 2.35. The van der Waals surface area contributed by atoms with Crippen molar-refractivity contribution >= 4 is 7.60 Å². The highest BCUT2D eigenvalue weighted by Gasteiger charge is 2.34. The first-order chi connectivity index (χ1) is 9.21. The van der Waals surface area contributed by atoms with Crippen molar-refractivity contribution in [2.24, 2.45) is 0 Å². The van der Waals surface area contributed by atoms with Gasteiger partial charge in [-0.15, -0.1) is 0 Å². The Bertz CT molecular complexity index is 669. The third-order valence-electron chi connectivity index (χ3n) is 2.29. The second kappa shape index (κ2) is 6.13. The Morgan fingerprint density at radius 1 is 1.50 bits per heavy atom. The SMILES string of the molecule is N#CC(CO)(Cn1ccc(=O)[nH]c1=O)OCP(=O)(O)O. The molecule has 0 aliphatic heterocycles. The zero-order valence-corrected chi connectivity index (χ0v) is 11.0. The Balaban J connectivity index is 3.03. The average Bonchev–Trinajstić information content (AvgIpc) is 2.36. The van der Waals surface area contributed by atoms with E-state index < -0.39 is 43.9 Å². The van der Waals surface area contributed by atoms with Gasteiger partial charge in [-0.3, -0.25) is 18.9 Å². The minimum Gasteiger partial charge on any atom is -0.392 e. The molecule has 0 radical (unpaired) electrons. The number of aromatic nitrogens is 2. The standard InChI is InChI=1S/C9H12N3O7P/c10-3-9(5-13,19-6-20(16,17)18)4-12-2-1-7(14)11-8(12)15/h1-2,13H,4-6H2,(H,11,14,15)(H2,16,17,18). The molecule has 1 aromatic heterocycles. The number of aliphatic hydroxyl groups is 1. The number of nitrogens with one attached hydrogen (secondary N) is 1. The summed E-state index contributed by atoms with van der Waals surface area (Å²) in [4.78, 5) is 41.7. The highest BCUT2D eigenvalue weighted by atomic mass is 31.2. The number of hydrogen-bond donors (Lipinski definition) is 4. The predicted molar refractivity (Wildman–Crippen MR) is 64.7 cm³/mol. The fourth-order valence-electron chi connectivity index (χ4n) is 1.30. The maximum atomic E-state index is 11.5. The zero-order valence-electron chi connectivity index (χ0n) is 10.1. The summed E-state index contributed by atoms with van der Waals surface area (Å²) in [5.41, 5.74) is -3.50. The van der Waals surface area contributed by atoms with Crippen molar-refractivity contribution in [3.63, 3.8) is 0 Å². The predicted octanol–water partition coefficient (Wildman–Crippen LogP) is -2.06. The summed E-state index contributed by atoms with van der Waals surface area (Å²) >= 11 is 0. The molecule has 1 aromatic rings. The molecule has 20 heavy (non-hydrogen) atoms. The molecule has 4 N–H and O–H groups in total. The van der Waals surface area contributed by atoms with Crippen molar-refractivity contribution in [1.82, 2.24) is 9.55 Å². The lowest BCUT2D eigenvalue weighted by molar-refractivity contribution is -0.0356. The van der Waals surface area contributed by atoms with Crippen LogP contribution >= 0.6 is 7.60 Å². The lowest BCUT2D eigenvalue weighted by Crippen LogP contribution is -2.44. The van der Waals surface area contributed by atoms with Gasteiger partial charge < -0.3 is 19.6 Å². The Kier molecular flexibility index (Phi) is 4.99. The lowest BCUT2D eigenvalue weighted by Gasteiger charge is -2.25. The van der Waals surface area contributed by atoms with Crippen molar-refractivity contribution in [1.29, 1.82) is 5.26 Å². The van der Waals surface area contributed by atoms with E-state index in [-0.39, 0.29) is 0 Å². The van der Waals surface area contributed by atoms with Crippen LogP contribution in [0.4, 0.5) is 0 Å². The largest absolute Gasteiger partial charge is 0.392 e. The molecule has 0 saturated carbocycles. The highest BCUT2D eigenvalue weighted by molar-refractivity contribution is 7.51. The number of rotatable bonds is 6. The van der Waals surface area contributed by atoms with Gasteiger partial charge in [0, 0.05) is 12.3 Å². The Morgan fingerprint density at radius 3 is 2.60 bits per heavy atom. The third-order valence-corrected chi connectivity index (χ3v) is 2.76. The summed E-state index contributed by atoms with van der Waals surface area (Å²) < 4.78 is 16.4. The fraction of sp³-hybridized carbons (Fsp3) is 0.444. The fourth-order valence-corrected chi connectivity index (χ4v) is 1.71. The molecule has 1 atom stereocenters. The van der Waals surface area contributed by atoms with Gasteiger partial charge in [-0.1, -0.05) is 0 Å². The van der Waals surface area contributed by atoms with Crippen LogP contribution in [0.15, 0.2) is 21.9 Å². The molecule has 11 heteroatoms. The first-order valence-electron chi connectivity index (χ1n) is 5.22. The number of hydrogen-bond acceptors (Lipinski definition) is 6. The molecule has 1 unspecified atom stereocenters. The van der Waals surface area contributed by atoms with E-state index in [0.717, 1.165) is 16.8 Å². The van der Waals surface area contributed by atoms with Gasteiger partial charge in [-0.25, -0.2) is 4.79 Å². The van der Waals surface area contributed by atoms with E-state index in [1.54, 1.807) is 6.07 Å². The molecule has 0 aliphatic carbocycles. The molecule has 1 rings (SSSR count). The van der Waals surface area contributed by atoms with Gasteiger partial charge in [-0.2, -0.15) is 5.26 Å². The van der Waals surface area contributed by atoms with Crippen LogP contribution in [0.3, 0.4) is 0 Å². The first kappa shape index (κ1) is 16.3. The third kappa shape index (κ3) is 4.41. The van der Waals surface area contributed by atoms with Crippen molar-refractivity contribution in [3.05, 3.63) is 33.1 Å². The maximum absolute atomic E-state index is 11.5. The molecule has 110 valence electrons. The Hall–Kier alpha value is -1.76. The van der Waals surface area contributed by atoms with E-state index in [1.165, 1.54) is 0 Å². The van der Waals surface area contributed by atoms with Crippen LogP contribution in [0.2, 0.25) is 0 Å². The van der Waals surface area contributed by atoms with Crippen molar-refractivity contribution in [2.75, 3.05) is 13.0 Å². The zero-order chi connectivity index (χ0) is 15.4. The summed E-state index contributed by atoms with van der Waals surface area (Å²) in [6, 6.07) is 2.58. The topological polar surface area (TPSA) is 166 Å². The quantitative estimate of drug-likeness (QED) is 0.435. The summed E-state index contributed by atoms with van der Waals surface area (Å²) in [6.07, 6.45) is -0.0109. The molecule has 0 saturated heterocycles. The Morgan fingerprint density at radius 2 is 2.15 bits per heavy atom. The van der Waals surface area contributed by atoms with Gasteiger partial charge in [0.15, 0.2) is 11.9 Å². The Labute approximate surface area is 112 Å². The van der Waals surface area contributed by atoms with Crippen LogP contribution in [0.1, 0.15) is 0 Å². The molecule has 0 fully saturated rings. The van der Waals surface area contributed by atoms with E-state index in [0.29, 0.717) is 0 Å². The lowest BCUT2D eigenvalue weighted by atomic mass is 10.1. The smallest absolute Gasteiger partial charge is 0.351 e. The second-order valence-electron chi connectivity index (χ2n) is 3.94. The van der Waals surface area contributed by atoms with E-state index in [1.807, 2.05) is 4.98 Å². The molecule has 0 amide bonds. The van der Waals surface area contributed by atoms with Crippen molar-refractivity contribution in [2.45, 2.75) is 12.1 Å². The summed E-state index contributed by atoms with van der Waals surface area (Å²) in [5.74, 6) is 0. The number of nitrogens with zero attached hydrogens (tertiary/aromatic N) is 2. The van der Waals surface area contributed by atoms with Gasteiger partial charge in [0.05, 0.1) is 13.2 Å².